The Morgan fingerprint density at radius 2 is 1.38 bits per heavy atom. The topological polar surface area (TPSA) is 0 Å². The Balaban J connectivity index is 0.00000208. The second-order valence-electron chi connectivity index (χ2n) is 7.01. The Morgan fingerprint density at radius 1 is 0.833 bits per heavy atom. The molecule has 0 heterocycles. The van der Waals surface area contributed by atoms with Gasteiger partial charge in [-0.15, -0.1) is 0 Å². The molecule has 0 radical (unpaired) electrons. The van der Waals surface area contributed by atoms with Crippen molar-refractivity contribution in [1.82, 2.24) is 0 Å². The van der Waals surface area contributed by atoms with Gasteiger partial charge in [0.15, 0.2) is 0 Å². The van der Waals surface area contributed by atoms with Crippen molar-refractivity contribution < 1.29 is 0 Å². The third-order valence-electron chi connectivity index (χ3n) is 5.32. The molecule has 1 fully saturated rings. The van der Waals surface area contributed by atoms with Crippen molar-refractivity contribution in [2.45, 2.75) is 59.3 Å². The Labute approximate surface area is 148 Å². The molecular weight excluding hydrogens is 288 g/mol. The van der Waals surface area contributed by atoms with E-state index in [2.05, 4.69) is 74.5 Å². The van der Waals surface area contributed by atoms with Crippen LogP contribution in [0.1, 0.15) is 63.5 Å². The molecule has 2 aromatic carbocycles. The zero-order chi connectivity index (χ0) is 16.1. The summed E-state index contributed by atoms with van der Waals surface area (Å²) < 4.78 is 0. The third-order valence-corrected chi connectivity index (χ3v) is 5.32. The highest BCUT2D eigenvalue weighted by Gasteiger charge is 2.21. The highest BCUT2D eigenvalue weighted by Crippen LogP contribution is 2.37. The summed E-state index contributed by atoms with van der Waals surface area (Å²) in [4.78, 5) is 0. The molecule has 0 amide bonds. The van der Waals surface area contributed by atoms with Gasteiger partial charge in [-0.1, -0.05) is 73.7 Å². The van der Waals surface area contributed by atoms with Gasteiger partial charge in [0, 0.05) is 0 Å². The summed E-state index contributed by atoms with van der Waals surface area (Å²) >= 11 is 0. The first-order chi connectivity index (χ1) is 11.3. The molecule has 24 heavy (non-hydrogen) atoms. The highest BCUT2D eigenvalue weighted by molar-refractivity contribution is 5.64. The highest BCUT2D eigenvalue weighted by atomic mass is 14.3. The molecule has 0 atom stereocenters. The number of hydrogen-bond donors (Lipinski definition) is 0. The van der Waals surface area contributed by atoms with Crippen LogP contribution in [0.15, 0.2) is 60.7 Å². The van der Waals surface area contributed by atoms with E-state index in [9.17, 15) is 0 Å². The van der Waals surface area contributed by atoms with E-state index in [1.54, 1.807) is 0 Å². The van der Waals surface area contributed by atoms with Crippen LogP contribution in [0, 0.1) is 12.8 Å². The normalized spacial score (nSPS) is 20.8. The fourth-order valence-electron chi connectivity index (χ4n) is 3.75. The van der Waals surface area contributed by atoms with E-state index in [4.69, 9.17) is 0 Å². The summed E-state index contributed by atoms with van der Waals surface area (Å²) in [6.45, 7) is 4.26. The SMILES string of the molecule is C.CC=CCC1CCC(c2ccc(-c3ccc(C)cc3)cc2)CC1. The lowest BCUT2D eigenvalue weighted by molar-refractivity contribution is 0.328. The van der Waals surface area contributed by atoms with Gasteiger partial charge in [0.2, 0.25) is 0 Å². The summed E-state index contributed by atoms with van der Waals surface area (Å²) in [5.41, 5.74) is 5.50. The van der Waals surface area contributed by atoms with Gasteiger partial charge in [-0.2, -0.15) is 0 Å². The van der Waals surface area contributed by atoms with Gasteiger partial charge in [-0.3, -0.25) is 0 Å². The first-order valence-corrected chi connectivity index (χ1v) is 9.04. The number of allylic oxidation sites excluding steroid dienone is 2. The molecule has 0 heteroatoms. The Kier molecular flexibility index (Phi) is 6.85. The van der Waals surface area contributed by atoms with Crippen molar-refractivity contribution in [1.29, 1.82) is 0 Å². The predicted molar refractivity (Wildman–Crippen MR) is 107 cm³/mol. The minimum absolute atomic E-state index is 0. The van der Waals surface area contributed by atoms with E-state index in [1.165, 1.54) is 54.4 Å². The number of rotatable bonds is 4. The van der Waals surface area contributed by atoms with Crippen molar-refractivity contribution in [3.8, 4) is 11.1 Å². The van der Waals surface area contributed by atoms with Crippen molar-refractivity contribution >= 4 is 0 Å². The quantitative estimate of drug-likeness (QED) is 0.510. The maximum Gasteiger partial charge on any atom is -0.0162 e. The molecular formula is C24H32. The number of hydrogen-bond acceptors (Lipinski definition) is 0. The lowest BCUT2D eigenvalue weighted by Gasteiger charge is -2.28. The van der Waals surface area contributed by atoms with Gasteiger partial charge in [-0.25, -0.2) is 0 Å². The van der Waals surface area contributed by atoms with E-state index in [0.717, 1.165) is 11.8 Å². The average molecular weight is 321 g/mol. The smallest absolute Gasteiger partial charge is 0.0162 e. The Morgan fingerprint density at radius 3 is 1.92 bits per heavy atom. The molecule has 0 bridgehead atoms. The lowest BCUT2D eigenvalue weighted by atomic mass is 9.77. The van der Waals surface area contributed by atoms with Crippen molar-refractivity contribution in [3.63, 3.8) is 0 Å². The van der Waals surface area contributed by atoms with Crippen LogP contribution in [0.4, 0.5) is 0 Å². The lowest BCUT2D eigenvalue weighted by Crippen LogP contribution is -2.12. The molecule has 3 rings (SSSR count). The van der Waals surface area contributed by atoms with Crippen molar-refractivity contribution in [3.05, 3.63) is 71.8 Å². The average Bonchev–Trinajstić information content (AvgIpc) is 2.61. The molecule has 0 aromatic heterocycles. The molecule has 1 saturated carbocycles. The Bertz CT molecular complexity index is 623. The number of benzene rings is 2. The molecule has 0 N–H and O–H groups in total. The fourth-order valence-corrected chi connectivity index (χ4v) is 3.75. The zero-order valence-corrected chi connectivity index (χ0v) is 14.5. The minimum atomic E-state index is 0. The van der Waals surface area contributed by atoms with E-state index in [1.807, 2.05) is 0 Å². The standard InChI is InChI=1S/C23H28.CH4/c1-3-4-5-19-8-12-21(13-9-19)23-16-14-22(15-17-23)20-10-6-18(2)7-11-20;/h3-4,6-7,10-11,14-17,19,21H,5,8-9,12-13H2,1-2H3;1H4. The van der Waals surface area contributed by atoms with Crippen LogP contribution >= 0.6 is 0 Å². The maximum atomic E-state index is 2.35. The van der Waals surface area contributed by atoms with Crippen LogP contribution < -0.4 is 0 Å². The van der Waals surface area contributed by atoms with Crippen molar-refractivity contribution in [2.75, 3.05) is 0 Å². The summed E-state index contributed by atoms with van der Waals surface area (Å²) in [5.74, 6) is 1.68. The fraction of sp³-hybridized carbons (Fsp3) is 0.417. The monoisotopic (exact) mass is 320 g/mol. The van der Waals surface area contributed by atoms with Gasteiger partial charge < -0.3 is 0 Å². The second kappa shape index (κ2) is 8.87. The van der Waals surface area contributed by atoms with Crippen LogP contribution in [0.5, 0.6) is 0 Å². The van der Waals surface area contributed by atoms with Gasteiger partial charge >= 0.3 is 0 Å². The Hall–Kier alpha value is -1.82. The predicted octanol–water partition coefficient (Wildman–Crippen LogP) is 7.54. The number of aryl methyl sites for hydroxylation is 1. The summed E-state index contributed by atoms with van der Waals surface area (Å²) in [7, 11) is 0. The van der Waals surface area contributed by atoms with Crippen LogP contribution in [0.3, 0.4) is 0 Å². The van der Waals surface area contributed by atoms with Crippen LogP contribution in [0.25, 0.3) is 11.1 Å². The van der Waals surface area contributed by atoms with Gasteiger partial charge in [0.05, 0.1) is 0 Å². The first-order valence-electron chi connectivity index (χ1n) is 9.04. The van der Waals surface area contributed by atoms with Crippen molar-refractivity contribution in [2.24, 2.45) is 5.92 Å². The molecule has 0 aliphatic heterocycles. The molecule has 0 nitrogen and oxygen atoms in total. The largest absolute Gasteiger partial charge is 0.0917 e. The van der Waals surface area contributed by atoms with Gasteiger partial charge in [0.25, 0.3) is 0 Å². The maximum absolute atomic E-state index is 2.35. The van der Waals surface area contributed by atoms with Gasteiger partial charge in [-0.05, 0) is 74.5 Å². The first kappa shape index (κ1) is 18.5. The van der Waals surface area contributed by atoms with E-state index < -0.39 is 0 Å². The van der Waals surface area contributed by atoms with Crippen LogP contribution in [-0.4, -0.2) is 0 Å². The van der Waals surface area contributed by atoms with E-state index in [0.29, 0.717) is 0 Å². The second-order valence-corrected chi connectivity index (χ2v) is 7.01. The van der Waals surface area contributed by atoms with Gasteiger partial charge in [0.1, 0.15) is 0 Å². The summed E-state index contributed by atoms with van der Waals surface area (Å²) in [5, 5.41) is 0. The van der Waals surface area contributed by atoms with E-state index in [-0.39, 0.29) is 7.43 Å². The third kappa shape index (κ3) is 4.60. The summed E-state index contributed by atoms with van der Waals surface area (Å²) in [6.07, 6.45) is 11.3. The minimum Gasteiger partial charge on any atom is -0.0917 e. The summed E-state index contributed by atoms with van der Waals surface area (Å²) in [6, 6.07) is 18.1. The molecule has 0 spiro atoms. The molecule has 0 unspecified atom stereocenters. The van der Waals surface area contributed by atoms with E-state index >= 15 is 0 Å². The molecule has 0 saturated heterocycles. The zero-order valence-electron chi connectivity index (χ0n) is 14.5. The molecule has 2 aromatic rings. The molecule has 1 aliphatic rings. The molecule has 128 valence electrons. The van der Waals surface area contributed by atoms with Crippen LogP contribution in [0.2, 0.25) is 0 Å². The molecule has 1 aliphatic carbocycles. The van der Waals surface area contributed by atoms with Crippen LogP contribution in [-0.2, 0) is 0 Å².